The van der Waals surface area contributed by atoms with Crippen LogP contribution < -0.4 is 14.8 Å². The van der Waals surface area contributed by atoms with E-state index in [4.69, 9.17) is 14.5 Å². The molecule has 0 fully saturated rings. The Balaban J connectivity index is 1.68. The van der Waals surface area contributed by atoms with E-state index in [1.807, 2.05) is 19.1 Å². The van der Waals surface area contributed by atoms with Crippen molar-refractivity contribution in [1.29, 1.82) is 0 Å². The molecule has 4 rings (SSSR count). The van der Waals surface area contributed by atoms with E-state index in [-0.39, 0.29) is 5.91 Å². The lowest BCUT2D eigenvalue weighted by atomic mass is 10.1. The van der Waals surface area contributed by atoms with Gasteiger partial charge in [-0.1, -0.05) is 13.3 Å². The largest absolute Gasteiger partial charge is 0.490 e. The van der Waals surface area contributed by atoms with Crippen LogP contribution in [0.3, 0.4) is 0 Å². The van der Waals surface area contributed by atoms with Gasteiger partial charge in [-0.3, -0.25) is 9.48 Å². The van der Waals surface area contributed by atoms with E-state index in [1.165, 1.54) is 0 Å². The van der Waals surface area contributed by atoms with Crippen molar-refractivity contribution in [3.63, 3.8) is 0 Å². The third-order valence-corrected chi connectivity index (χ3v) is 5.44. The topological polar surface area (TPSA) is 91.2 Å². The van der Waals surface area contributed by atoms with Crippen molar-refractivity contribution in [3.8, 4) is 34.3 Å². The van der Waals surface area contributed by atoms with Gasteiger partial charge in [-0.15, -0.1) is 0 Å². The van der Waals surface area contributed by atoms with E-state index >= 15 is 0 Å². The number of benzene rings is 1. The number of aromatic nitrogens is 4. The molecule has 0 saturated carbocycles. The highest BCUT2D eigenvalue weighted by molar-refractivity contribution is 9.10. The lowest BCUT2D eigenvalue weighted by Gasteiger charge is -2.15. The summed E-state index contributed by atoms with van der Waals surface area (Å²) in [6, 6.07) is 7.36. The number of hydrogen-bond acceptors (Lipinski definition) is 6. The van der Waals surface area contributed by atoms with Crippen molar-refractivity contribution in [2.24, 2.45) is 0 Å². The molecule has 0 bridgehead atoms. The molecule has 0 atom stereocenters. The lowest BCUT2D eigenvalue weighted by Crippen LogP contribution is -2.35. The Kier molecular flexibility index (Phi) is 6.50. The second-order valence-corrected chi connectivity index (χ2v) is 7.93. The summed E-state index contributed by atoms with van der Waals surface area (Å²) in [6.07, 6.45) is 3.72. The van der Waals surface area contributed by atoms with Crippen LogP contribution in [0.5, 0.6) is 11.5 Å². The van der Waals surface area contributed by atoms with Crippen LogP contribution in [0.15, 0.2) is 34.9 Å². The van der Waals surface area contributed by atoms with Gasteiger partial charge in [-0.2, -0.15) is 5.10 Å². The molecular weight excluding hydrogens is 462 g/mol. The van der Waals surface area contributed by atoms with Gasteiger partial charge in [0, 0.05) is 18.3 Å². The second kappa shape index (κ2) is 9.47. The first kappa shape index (κ1) is 21.3. The second-order valence-electron chi connectivity index (χ2n) is 7.08. The minimum Gasteiger partial charge on any atom is -0.490 e. The fraction of sp³-hybridized carbons (Fsp3) is 0.364. The summed E-state index contributed by atoms with van der Waals surface area (Å²) in [7, 11) is 0. The zero-order valence-electron chi connectivity index (χ0n) is 17.5. The minimum absolute atomic E-state index is 0.122. The van der Waals surface area contributed by atoms with Crippen LogP contribution in [-0.4, -0.2) is 45.4 Å². The molecule has 31 heavy (non-hydrogen) atoms. The molecule has 1 aromatic carbocycles. The van der Waals surface area contributed by atoms with Crippen LogP contribution >= 0.6 is 15.9 Å². The zero-order valence-corrected chi connectivity index (χ0v) is 19.1. The number of carbonyl (C=O) groups excluding carboxylic acids is 1. The predicted molar refractivity (Wildman–Crippen MR) is 120 cm³/mol. The lowest BCUT2D eigenvalue weighted by molar-refractivity contribution is 0.0924. The summed E-state index contributed by atoms with van der Waals surface area (Å²) in [4.78, 5) is 21.2. The fourth-order valence-electron chi connectivity index (χ4n) is 3.32. The van der Waals surface area contributed by atoms with Crippen LogP contribution in [0.25, 0.3) is 22.8 Å². The van der Waals surface area contributed by atoms with E-state index in [9.17, 15) is 4.79 Å². The molecule has 1 N–H and O–H groups in total. The van der Waals surface area contributed by atoms with Gasteiger partial charge in [0.2, 0.25) is 0 Å². The molecule has 1 amide bonds. The summed E-state index contributed by atoms with van der Waals surface area (Å²) in [5.41, 5.74) is 2.62. The van der Waals surface area contributed by atoms with E-state index in [0.717, 1.165) is 22.9 Å². The monoisotopic (exact) mass is 485 g/mol. The first-order chi connectivity index (χ1) is 15.1. The summed E-state index contributed by atoms with van der Waals surface area (Å²) >= 11 is 3.61. The van der Waals surface area contributed by atoms with Gasteiger partial charge in [0.15, 0.2) is 17.3 Å². The third-order valence-electron chi connectivity index (χ3n) is 4.85. The third kappa shape index (κ3) is 4.56. The van der Waals surface area contributed by atoms with E-state index in [0.29, 0.717) is 60.7 Å². The number of halogens is 1. The Morgan fingerprint density at radius 1 is 1.19 bits per heavy atom. The van der Waals surface area contributed by atoms with Crippen molar-refractivity contribution < 1.29 is 14.3 Å². The summed E-state index contributed by atoms with van der Waals surface area (Å²) in [6.45, 7) is 6.41. The number of amides is 1. The van der Waals surface area contributed by atoms with Crippen molar-refractivity contribution in [2.75, 3.05) is 19.8 Å². The van der Waals surface area contributed by atoms with Gasteiger partial charge in [-0.25, -0.2) is 9.97 Å². The maximum absolute atomic E-state index is 12.0. The standard InChI is InChI=1S/C22H24BrN5O3/c1-3-5-10-31-20-15(23)11-14(12-19(20)30-4-2)21-24-7-6-16(26-21)17-13-18-22(29)25-8-9-28(18)27-17/h6-7,11-13H,3-5,8-10H2,1-2H3,(H,25,29). The number of nitrogens with zero attached hydrogens (tertiary/aromatic N) is 4. The number of fused-ring (bicyclic) bond motifs is 1. The Labute approximate surface area is 189 Å². The van der Waals surface area contributed by atoms with Gasteiger partial charge >= 0.3 is 0 Å². The maximum Gasteiger partial charge on any atom is 0.269 e. The molecule has 9 heteroatoms. The van der Waals surface area contributed by atoms with E-state index < -0.39 is 0 Å². The summed E-state index contributed by atoms with van der Waals surface area (Å²) < 4.78 is 14.3. The zero-order chi connectivity index (χ0) is 21.8. The Hall–Kier alpha value is -2.94. The number of hydrogen-bond donors (Lipinski definition) is 1. The van der Waals surface area contributed by atoms with Gasteiger partial charge in [0.1, 0.15) is 11.4 Å². The molecule has 0 radical (unpaired) electrons. The van der Waals surface area contributed by atoms with E-state index in [1.54, 1.807) is 23.0 Å². The van der Waals surface area contributed by atoms with Crippen LogP contribution in [-0.2, 0) is 6.54 Å². The molecule has 1 aliphatic rings. The van der Waals surface area contributed by atoms with Crippen LogP contribution in [0.1, 0.15) is 37.2 Å². The van der Waals surface area contributed by atoms with Crippen molar-refractivity contribution in [3.05, 3.63) is 40.6 Å². The highest BCUT2D eigenvalue weighted by Crippen LogP contribution is 2.39. The normalized spacial score (nSPS) is 12.9. The van der Waals surface area contributed by atoms with Gasteiger partial charge < -0.3 is 14.8 Å². The SMILES string of the molecule is CCCCOc1c(Br)cc(-c2nccc(-c3cc4n(n3)CCNC4=O)n2)cc1OCC. The van der Waals surface area contributed by atoms with Gasteiger partial charge in [-0.05, 0) is 53.5 Å². The number of rotatable bonds is 8. The Bertz CT molecular complexity index is 1100. The molecule has 1 aliphatic heterocycles. The molecule has 2 aromatic heterocycles. The molecule has 0 unspecified atom stereocenters. The smallest absolute Gasteiger partial charge is 0.269 e. The van der Waals surface area contributed by atoms with Crippen LogP contribution in [0.4, 0.5) is 0 Å². The molecule has 0 spiro atoms. The molecule has 162 valence electrons. The first-order valence-corrected chi connectivity index (χ1v) is 11.2. The highest BCUT2D eigenvalue weighted by Gasteiger charge is 2.21. The number of unbranched alkanes of at least 4 members (excludes halogenated alkanes) is 1. The molecule has 0 saturated heterocycles. The number of nitrogens with one attached hydrogen (secondary N) is 1. The molecule has 3 heterocycles. The fourth-order valence-corrected chi connectivity index (χ4v) is 3.88. The molecule has 0 aliphatic carbocycles. The molecular formula is C22H24BrN5O3. The summed E-state index contributed by atoms with van der Waals surface area (Å²) in [5.74, 6) is 1.74. The first-order valence-electron chi connectivity index (χ1n) is 10.4. The van der Waals surface area contributed by atoms with Crippen molar-refractivity contribution >= 4 is 21.8 Å². The Morgan fingerprint density at radius 2 is 2.06 bits per heavy atom. The number of ether oxygens (including phenoxy) is 2. The average Bonchev–Trinajstić information content (AvgIpc) is 3.22. The Morgan fingerprint density at radius 3 is 2.84 bits per heavy atom. The van der Waals surface area contributed by atoms with Gasteiger partial charge in [0.05, 0.1) is 29.9 Å². The van der Waals surface area contributed by atoms with Crippen LogP contribution in [0.2, 0.25) is 0 Å². The van der Waals surface area contributed by atoms with Crippen molar-refractivity contribution in [2.45, 2.75) is 33.2 Å². The van der Waals surface area contributed by atoms with E-state index in [2.05, 4.69) is 38.3 Å². The maximum atomic E-state index is 12.0. The minimum atomic E-state index is -0.122. The average molecular weight is 486 g/mol. The highest BCUT2D eigenvalue weighted by atomic mass is 79.9. The van der Waals surface area contributed by atoms with Gasteiger partial charge in [0.25, 0.3) is 5.91 Å². The predicted octanol–water partition coefficient (Wildman–Crippen LogP) is 4.09. The molecule has 8 nitrogen and oxygen atoms in total. The summed E-state index contributed by atoms with van der Waals surface area (Å²) in [5, 5.41) is 7.36. The number of carbonyl (C=O) groups is 1. The quantitative estimate of drug-likeness (QED) is 0.483. The van der Waals surface area contributed by atoms with Crippen molar-refractivity contribution in [1.82, 2.24) is 25.1 Å². The molecule has 3 aromatic rings. The van der Waals surface area contributed by atoms with Crippen LogP contribution in [0, 0.1) is 0 Å².